The Morgan fingerprint density at radius 3 is 2.32 bits per heavy atom. The second-order valence-electron chi connectivity index (χ2n) is 5.37. The van der Waals surface area contributed by atoms with Gasteiger partial charge in [-0.15, -0.1) is 0 Å². The topological polar surface area (TPSA) is 57.1 Å². The number of hydrogen-bond donors (Lipinski definition) is 0. The number of ether oxygens (including phenoxy) is 3. The Balaban J connectivity index is 1.84. The molecule has 0 saturated heterocycles. The lowest BCUT2D eigenvalue weighted by Crippen LogP contribution is -2.06. The third-order valence-electron chi connectivity index (χ3n) is 3.61. The number of aliphatic imine (C=N–C) groups is 1. The van der Waals surface area contributed by atoms with Crippen LogP contribution in [-0.2, 0) is 16.0 Å². The summed E-state index contributed by atoms with van der Waals surface area (Å²) in [6, 6.07) is 11.2. The number of halogens is 1. The quantitative estimate of drug-likeness (QED) is 0.618. The normalized spacial score (nSPS) is 15.1. The maximum atomic E-state index is 12.9. The summed E-state index contributed by atoms with van der Waals surface area (Å²) < 4.78 is 28.5. The Morgan fingerprint density at radius 1 is 1.08 bits per heavy atom. The lowest BCUT2D eigenvalue weighted by molar-refractivity contribution is -0.130. The summed E-state index contributed by atoms with van der Waals surface area (Å²) in [7, 11) is 3.10. The maximum Gasteiger partial charge on any atom is 0.363 e. The van der Waals surface area contributed by atoms with Gasteiger partial charge < -0.3 is 14.2 Å². The molecule has 0 spiro atoms. The van der Waals surface area contributed by atoms with Crippen molar-refractivity contribution in [2.24, 2.45) is 4.99 Å². The third-order valence-corrected chi connectivity index (χ3v) is 3.61. The number of cyclic esters (lactones) is 1. The molecule has 0 radical (unpaired) electrons. The zero-order valence-corrected chi connectivity index (χ0v) is 13.8. The highest BCUT2D eigenvalue weighted by Crippen LogP contribution is 2.25. The molecule has 1 aliphatic rings. The number of esters is 1. The minimum absolute atomic E-state index is 0.187. The Hall–Kier alpha value is -3.15. The van der Waals surface area contributed by atoms with E-state index in [-0.39, 0.29) is 17.4 Å². The number of carbonyl (C=O) groups is 1. The first-order valence-electron chi connectivity index (χ1n) is 7.56. The molecule has 6 heteroatoms. The van der Waals surface area contributed by atoms with Crippen LogP contribution in [0.5, 0.6) is 11.5 Å². The highest BCUT2D eigenvalue weighted by atomic mass is 19.1. The molecular weight excluding hydrogens is 325 g/mol. The SMILES string of the molecule is COc1cc(/C=C2/N=C(Cc3ccc(F)cc3)OC2=O)cc(OC)c1. The van der Waals surface area contributed by atoms with Crippen LogP contribution in [0, 0.1) is 5.82 Å². The van der Waals surface area contributed by atoms with Crippen LogP contribution in [0.4, 0.5) is 4.39 Å². The molecule has 0 atom stereocenters. The summed E-state index contributed by atoms with van der Waals surface area (Å²) in [6.45, 7) is 0. The van der Waals surface area contributed by atoms with E-state index in [2.05, 4.69) is 4.99 Å². The van der Waals surface area contributed by atoms with Crippen LogP contribution in [0.2, 0.25) is 0 Å². The fourth-order valence-electron chi connectivity index (χ4n) is 2.38. The molecule has 25 heavy (non-hydrogen) atoms. The van der Waals surface area contributed by atoms with Gasteiger partial charge in [0.2, 0.25) is 5.90 Å². The van der Waals surface area contributed by atoms with E-state index in [1.54, 1.807) is 50.6 Å². The predicted molar refractivity (Wildman–Crippen MR) is 91.2 cm³/mol. The van der Waals surface area contributed by atoms with E-state index < -0.39 is 5.97 Å². The highest BCUT2D eigenvalue weighted by molar-refractivity contribution is 6.07. The third kappa shape index (κ3) is 4.03. The first-order chi connectivity index (χ1) is 12.1. The first-order valence-corrected chi connectivity index (χ1v) is 7.56. The largest absolute Gasteiger partial charge is 0.497 e. The lowest BCUT2D eigenvalue weighted by atomic mass is 10.1. The van der Waals surface area contributed by atoms with Gasteiger partial charge in [-0.1, -0.05) is 12.1 Å². The van der Waals surface area contributed by atoms with Gasteiger partial charge in [-0.3, -0.25) is 0 Å². The van der Waals surface area contributed by atoms with Crippen LogP contribution >= 0.6 is 0 Å². The van der Waals surface area contributed by atoms with Crippen molar-refractivity contribution in [3.8, 4) is 11.5 Å². The molecular formula is C19H16FNO4. The average Bonchev–Trinajstić information content (AvgIpc) is 2.95. The highest BCUT2D eigenvalue weighted by Gasteiger charge is 2.23. The van der Waals surface area contributed by atoms with Gasteiger partial charge in [0.25, 0.3) is 0 Å². The van der Waals surface area contributed by atoms with Crippen molar-refractivity contribution in [2.75, 3.05) is 14.2 Å². The zero-order valence-electron chi connectivity index (χ0n) is 13.8. The van der Waals surface area contributed by atoms with Crippen molar-refractivity contribution >= 4 is 17.9 Å². The molecule has 1 aliphatic heterocycles. The minimum Gasteiger partial charge on any atom is -0.497 e. The van der Waals surface area contributed by atoms with Gasteiger partial charge in [0.15, 0.2) is 5.70 Å². The summed E-state index contributed by atoms with van der Waals surface area (Å²) in [5.74, 6) is 0.638. The van der Waals surface area contributed by atoms with Gasteiger partial charge in [-0.2, -0.15) is 0 Å². The van der Waals surface area contributed by atoms with Crippen LogP contribution in [0.25, 0.3) is 6.08 Å². The molecule has 1 heterocycles. The number of benzene rings is 2. The molecule has 0 aromatic heterocycles. The molecule has 0 unspecified atom stereocenters. The molecule has 3 rings (SSSR count). The molecule has 128 valence electrons. The number of hydrogen-bond acceptors (Lipinski definition) is 5. The van der Waals surface area contributed by atoms with Crippen molar-refractivity contribution in [1.82, 2.24) is 0 Å². The summed E-state index contributed by atoms with van der Waals surface area (Å²) in [4.78, 5) is 16.2. The van der Waals surface area contributed by atoms with Gasteiger partial charge >= 0.3 is 5.97 Å². The maximum absolute atomic E-state index is 12.9. The average molecular weight is 341 g/mol. The van der Waals surface area contributed by atoms with E-state index in [1.807, 2.05) is 0 Å². The molecule has 0 fully saturated rings. The smallest absolute Gasteiger partial charge is 0.363 e. The van der Waals surface area contributed by atoms with Gasteiger partial charge in [-0.25, -0.2) is 14.2 Å². The fraction of sp³-hybridized carbons (Fsp3) is 0.158. The fourth-order valence-corrected chi connectivity index (χ4v) is 2.38. The Kier molecular flexibility index (Phi) is 4.79. The molecule has 0 aliphatic carbocycles. The summed E-state index contributed by atoms with van der Waals surface area (Å²) >= 11 is 0. The molecule has 0 bridgehead atoms. The van der Waals surface area contributed by atoms with Gasteiger partial charge in [-0.05, 0) is 41.5 Å². The van der Waals surface area contributed by atoms with Crippen LogP contribution in [0.15, 0.2) is 53.2 Å². The van der Waals surface area contributed by atoms with E-state index >= 15 is 0 Å². The van der Waals surface area contributed by atoms with Gasteiger partial charge in [0, 0.05) is 12.5 Å². The summed E-state index contributed by atoms with van der Waals surface area (Å²) in [5.41, 5.74) is 1.69. The minimum atomic E-state index is -0.529. The monoisotopic (exact) mass is 341 g/mol. The molecule has 0 amide bonds. The molecule has 0 N–H and O–H groups in total. The van der Waals surface area contributed by atoms with E-state index in [0.717, 1.165) is 5.56 Å². The molecule has 2 aromatic carbocycles. The Morgan fingerprint density at radius 2 is 1.72 bits per heavy atom. The van der Waals surface area contributed by atoms with Crippen LogP contribution in [0.1, 0.15) is 11.1 Å². The van der Waals surface area contributed by atoms with Crippen molar-refractivity contribution in [3.63, 3.8) is 0 Å². The summed E-state index contributed by atoms with van der Waals surface area (Å²) in [5, 5.41) is 0. The standard InChI is InChI=1S/C19H16FNO4/c1-23-15-7-13(8-16(11-15)24-2)9-17-19(22)25-18(21-17)10-12-3-5-14(20)6-4-12/h3-9,11H,10H2,1-2H3/b17-9+. The van der Waals surface area contributed by atoms with Gasteiger partial charge in [0.05, 0.1) is 14.2 Å². The van der Waals surface area contributed by atoms with E-state index in [1.165, 1.54) is 12.1 Å². The number of nitrogens with zero attached hydrogens (tertiary/aromatic N) is 1. The second-order valence-corrected chi connectivity index (χ2v) is 5.37. The summed E-state index contributed by atoms with van der Waals surface area (Å²) in [6.07, 6.45) is 1.91. The second kappa shape index (κ2) is 7.17. The van der Waals surface area contributed by atoms with Gasteiger partial charge in [0.1, 0.15) is 17.3 Å². The number of rotatable bonds is 5. The number of carbonyl (C=O) groups excluding carboxylic acids is 1. The van der Waals surface area contributed by atoms with Crippen LogP contribution in [0.3, 0.4) is 0 Å². The predicted octanol–water partition coefficient (Wildman–Crippen LogP) is 3.38. The number of methoxy groups -OCH3 is 2. The lowest BCUT2D eigenvalue weighted by Gasteiger charge is -2.05. The zero-order chi connectivity index (χ0) is 17.8. The molecule has 2 aromatic rings. The molecule has 0 saturated carbocycles. The molecule has 5 nitrogen and oxygen atoms in total. The van der Waals surface area contributed by atoms with Crippen LogP contribution < -0.4 is 9.47 Å². The van der Waals surface area contributed by atoms with Crippen molar-refractivity contribution < 1.29 is 23.4 Å². The van der Waals surface area contributed by atoms with Crippen molar-refractivity contribution in [3.05, 3.63) is 65.1 Å². The first kappa shape index (κ1) is 16.7. The van der Waals surface area contributed by atoms with Crippen molar-refractivity contribution in [2.45, 2.75) is 6.42 Å². The van der Waals surface area contributed by atoms with Crippen molar-refractivity contribution in [1.29, 1.82) is 0 Å². The Labute approximate surface area is 144 Å². The Bertz CT molecular complexity index is 834. The van der Waals surface area contributed by atoms with E-state index in [9.17, 15) is 9.18 Å². The van der Waals surface area contributed by atoms with E-state index in [0.29, 0.717) is 23.5 Å². The van der Waals surface area contributed by atoms with Crippen LogP contribution in [-0.4, -0.2) is 26.1 Å². The van der Waals surface area contributed by atoms with E-state index in [4.69, 9.17) is 14.2 Å².